The molecule has 0 spiro atoms. The van der Waals surface area contributed by atoms with E-state index in [4.69, 9.17) is 15.2 Å². The zero-order valence-electron chi connectivity index (χ0n) is 10.6. The monoisotopic (exact) mass is 239 g/mol. The van der Waals surface area contributed by atoms with Crippen molar-refractivity contribution in [2.75, 3.05) is 14.2 Å². The zero-order valence-corrected chi connectivity index (χ0v) is 10.6. The van der Waals surface area contributed by atoms with Crippen molar-refractivity contribution >= 4 is 0 Å². The largest absolute Gasteiger partial charge is 0.493 e. The van der Waals surface area contributed by atoms with Crippen molar-refractivity contribution in [3.63, 3.8) is 0 Å². The predicted molar refractivity (Wildman–Crippen MR) is 67.4 cm³/mol. The first-order valence-corrected chi connectivity index (χ1v) is 5.79. The number of nitrogens with two attached hydrogens (primary N) is 1. The van der Waals surface area contributed by atoms with Crippen LogP contribution in [0.1, 0.15) is 31.4 Å². The number of aliphatic hydroxyl groups is 1. The van der Waals surface area contributed by atoms with Gasteiger partial charge in [-0.3, -0.25) is 0 Å². The Balaban J connectivity index is 2.91. The van der Waals surface area contributed by atoms with Gasteiger partial charge in [-0.15, -0.1) is 0 Å². The smallest absolute Gasteiger partial charge is 0.161 e. The minimum absolute atomic E-state index is 0.394. The molecule has 4 nitrogen and oxygen atoms in total. The van der Waals surface area contributed by atoms with E-state index in [1.165, 1.54) is 0 Å². The van der Waals surface area contributed by atoms with Crippen molar-refractivity contribution in [1.82, 2.24) is 0 Å². The molecule has 0 aromatic heterocycles. The highest BCUT2D eigenvalue weighted by molar-refractivity contribution is 5.43. The van der Waals surface area contributed by atoms with E-state index in [2.05, 4.69) is 0 Å². The Morgan fingerprint density at radius 2 is 1.88 bits per heavy atom. The summed E-state index contributed by atoms with van der Waals surface area (Å²) < 4.78 is 10.4. The topological polar surface area (TPSA) is 64.7 Å². The summed E-state index contributed by atoms with van der Waals surface area (Å²) in [7, 11) is 3.17. The standard InChI is InChI=1S/C13H21NO3/c1-4-5-10(15)13(14)9-6-7-11(16-2)12(8-9)17-3/h6-8,10,13,15H,4-5,14H2,1-3H3/t10-,13+/m0/s1. The maximum atomic E-state index is 9.86. The summed E-state index contributed by atoms with van der Waals surface area (Å²) in [6.45, 7) is 2.02. The lowest BCUT2D eigenvalue weighted by molar-refractivity contribution is 0.134. The van der Waals surface area contributed by atoms with Gasteiger partial charge >= 0.3 is 0 Å². The lowest BCUT2D eigenvalue weighted by atomic mass is 9.99. The first-order valence-electron chi connectivity index (χ1n) is 5.79. The summed E-state index contributed by atoms with van der Waals surface area (Å²) in [5.74, 6) is 1.29. The average Bonchev–Trinajstić information content (AvgIpc) is 2.37. The van der Waals surface area contributed by atoms with Gasteiger partial charge < -0.3 is 20.3 Å². The van der Waals surface area contributed by atoms with Crippen LogP contribution < -0.4 is 15.2 Å². The first kappa shape index (κ1) is 13.8. The molecular weight excluding hydrogens is 218 g/mol. The Kier molecular flexibility index (Phi) is 5.25. The van der Waals surface area contributed by atoms with Gasteiger partial charge in [-0.25, -0.2) is 0 Å². The van der Waals surface area contributed by atoms with Crippen LogP contribution in [-0.4, -0.2) is 25.4 Å². The van der Waals surface area contributed by atoms with Crippen LogP contribution in [-0.2, 0) is 0 Å². The second-order valence-electron chi connectivity index (χ2n) is 4.00. The van der Waals surface area contributed by atoms with Crippen LogP contribution in [0.15, 0.2) is 18.2 Å². The summed E-state index contributed by atoms with van der Waals surface area (Å²) in [5.41, 5.74) is 6.84. The molecule has 0 bridgehead atoms. The second-order valence-corrected chi connectivity index (χ2v) is 4.00. The lowest BCUT2D eigenvalue weighted by Crippen LogP contribution is -2.25. The number of rotatable bonds is 6. The van der Waals surface area contributed by atoms with E-state index in [0.717, 1.165) is 12.0 Å². The highest BCUT2D eigenvalue weighted by Gasteiger charge is 2.17. The molecule has 0 radical (unpaired) electrons. The van der Waals surface area contributed by atoms with Crippen molar-refractivity contribution < 1.29 is 14.6 Å². The Morgan fingerprint density at radius 3 is 2.41 bits per heavy atom. The van der Waals surface area contributed by atoms with Crippen LogP contribution >= 0.6 is 0 Å². The van der Waals surface area contributed by atoms with Crippen LogP contribution in [0.3, 0.4) is 0 Å². The molecule has 0 unspecified atom stereocenters. The van der Waals surface area contributed by atoms with Crippen molar-refractivity contribution in [1.29, 1.82) is 0 Å². The fourth-order valence-corrected chi connectivity index (χ4v) is 1.76. The third kappa shape index (κ3) is 3.35. The summed E-state index contributed by atoms with van der Waals surface area (Å²) in [5, 5.41) is 9.86. The average molecular weight is 239 g/mol. The van der Waals surface area contributed by atoms with Crippen LogP contribution in [0.25, 0.3) is 0 Å². The van der Waals surface area contributed by atoms with E-state index in [1.807, 2.05) is 19.1 Å². The van der Waals surface area contributed by atoms with Crippen molar-refractivity contribution in [3.05, 3.63) is 23.8 Å². The van der Waals surface area contributed by atoms with E-state index < -0.39 is 12.1 Å². The Bertz CT molecular complexity index is 355. The van der Waals surface area contributed by atoms with E-state index in [0.29, 0.717) is 17.9 Å². The Morgan fingerprint density at radius 1 is 1.24 bits per heavy atom. The van der Waals surface area contributed by atoms with Gasteiger partial charge in [-0.2, -0.15) is 0 Å². The molecule has 0 amide bonds. The molecule has 1 aromatic rings. The maximum absolute atomic E-state index is 9.86. The minimum atomic E-state index is -0.530. The molecule has 0 aliphatic rings. The van der Waals surface area contributed by atoms with Crippen molar-refractivity contribution in [3.8, 4) is 11.5 Å². The first-order chi connectivity index (χ1) is 8.13. The molecule has 4 heteroatoms. The zero-order chi connectivity index (χ0) is 12.8. The molecule has 17 heavy (non-hydrogen) atoms. The quantitative estimate of drug-likeness (QED) is 0.795. The Hall–Kier alpha value is -1.26. The van der Waals surface area contributed by atoms with Gasteiger partial charge in [0.15, 0.2) is 11.5 Å². The van der Waals surface area contributed by atoms with Gasteiger partial charge in [0.05, 0.1) is 26.4 Å². The van der Waals surface area contributed by atoms with Gasteiger partial charge in [0.25, 0.3) is 0 Å². The van der Waals surface area contributed by atoms with Gasteiger partial charge in [0.2, 0.25) is 0 Å². The van der Waals surface area contributed by atoms with E-state index in [-0.39, 0.29) is 0 Å². The molecular formula is C13H21NO3. The van der Waals surface area contributed by atoms with Crippen LogP contribution in [0.4, 0.5) is 0 Å². The molecule has 0 fully saturated rings. The third-order valence-electron chi connectivity index (χ3n) is 2.79. The summed E-state index contributed by atoms with van der Waals surface area (Å²) in [6, 6.07) is 5.06. The molecule has 0 aliphatic carbocycles. The summed E-state index contributed by atoms with van der Waals surface area (Å²) >= 11 is 0. The molecule has 1 aromatic carbocycles. The maximum Gasteiger partial charge on any atom is 0.161 e. The van der Waals surface area contributed by atoms with Gasteiger partial charge in [-0.05, 0) is 24.1 Å². The SMILES string of the molecule is CCC[C@H](O)[C@H](N)c1ccc(OC)c(OC)c1. The number of hydrogen-bond donors (Lipinski definition) is 2. The van der Waals surface area contributed by atoms with E-state index in [9.17, 15) is 5.11 Å². The number of ether oxygens (including phenoxy) is 2. The van der Waals surface area contributed by atoms with Crippen LogP contribution in [0.2, 0.25) is 0 Å². The molecule has 96 valence electrons. The highest BCUT2D eigenvalue weighted by atomic mass is 16.5. The molecule has 1 rings (SSSR count). The van der Waals surface area contributed by atoms with E-state index >= 15 is 0 Å². The van der Waals surface area contributed by atoms with Crippen LogP contribution in [0, 0.1) is 0 Å². The number of aliphatic hydroxyl groups excluding tert-OH is 1. The summed E-state index contributed by atoms with van der Waals surface area (Å²) in [6.07, 6.45) is 1.07. The lowest BCUT2D eigenvalue weighted by Gasteiger charge is -2.19. The van der Waals surface area contributed by atoms with Crippen LogP contribution in [0.5, 0.6) is 11.5 Å². The predicted octanol–water partition coefficient (Wildman–Crippen LogP) is 1.86. The highest BCUT2D eigenvalue weighted by Crippen LogP contribution is 2.30. The fraction of sp³-hybridized carbons (Fsp3) is 0.538. The Labute approximate surface area is 102 Å². The second kappa shape index (κ2) is 6.47. The van der Waals surface area contributed by atoms with Crippen molar-refractivity contribution in [2.24, 2.45) is 5.73 Å². The fourth-order valence-electron chi connectivity index (χ4n) is 1.76. The normalized spacial score (nSPS) is 14.2. The molecule has 0 saturated carbocycles. The molecule has 0 saturated heterocycles. The third-order valence-corrected chi connectivity index (χ3v) is 2.79. The van der Waals surface area contributed by atoms with Gasteiger partial charge in [0, 0.05) is 0 Å². The number of methoxy groups -OCH3 is 2. The molecule has 2 atom stereocenters. The minimum Gasteiger partial charge on any atom is -0.493 e. The molecule has 3 N–H and O–H groups in total. The number of benzene rings is 1. The molecule has 0 heterocycles. The van der Waals surface area contributed by atoms with Gasteiger partial charge in [-0.1, -0.05) is 19.4 Å². The molecule has 0 aliphatic heterocycles. The van der Waals surface area contributed by atoms with Gasteiger partial charge in [0.1, 0.15) is 0 Å². The summed E-state index contributed by atoms with van der Waals surface area (Å²) in [4.78, 5) is 0. The number of hydrogen-bond acceptors (Lipinski definition) is 4. The van der Waals surface area contributed by atoms with Crippen molar-refractivity contribution in [2.45, 2.75) is 31.9 Å². The van der Waals surface area contributed by atoms with E-state index in [1.54, 1.807) is 20.3 Å².